The zero-order valence-electron chi connectivity index (χ0n) is 19.2. The van der Waals surface area contributed by atoms with Gasteiger partial charge in [-0.05, 0) is 57.1 Å². The monoisotopic (exact) mass is 450 g/mol. The predicted octanol–water partition coefficient (Wildman–Crippen LogP) is 2.63. The van der Waals surface area contributed by atoms with Crippen molar-refractivity contribution in [1.29, 1.82) is 0 Å². The Kier molecular flexibility index (Phi) is 7.31. The molecule has 2 aromatic heterocycles. The second-order valence-electron chi connectivity index (χ2n) is 8.06. The van der Waals surface area contributed by atoms with Crippen LogP contribution in [0, 0.1) is 0 Å². The molecule has 0 bridgehead atoms. The van der Waals surface area contributed by atoms with Gasteiger partial charge in [-0.25, -0.2) is 4.98 Å². The minimum Gasteiger partial charge on any atom is -0.478 e. The Balaban J connectivity index is 1.65. The zero-order valence-corrected chi connectivity index (χ0v) is 19.2. The van der Waals surface area contributed by atoms with Crippen LogP contribution < -0.4 is 20.7 Å². The lowest BCUT2D eigenvalue weighted by Crippen LogP contribution is -2.41. The molecule has 174 valence electrons. The minimum atomic E-state index is -0.291. The van der Waals surface area contributed by atoms with Crippen molar-refractivity contribution in [3.05, 3.63) is 42.2 Å². The molecule has 1 aliphatic rings. The number of carbonyl (C=O) groups excluding carboxylic acids is 1. The van der Waals surface area contributed by atoms with Crippen molar-refractivity contribution >= 4 is 22.5 Å². The third-order valence-corrected chi connectivity index (χ3v) is 5.76. The van der Waals surface area contributed by atoms with Crippen molar-refractivity contribution < 1.29 is 14.3 Å². The number of nitrogens with zero attached hydrogens (tertiary/aromatic N) is 3. The van der Waals surface area contributed by atoms with Crippen LogP contribution in [0.1, 0.15) is 30.3 Å². The Morgan fingerprint density at radius 3 is 2.70 bits per heavy atom. The largest absolute Gasteiger partial charge is 0.478 e. The van der Waals surface area contributed by atoms with Crippen LogP contribution in [0.4, 0.5) is 5.69 Å². The number of nitrogens with one attached hydrogen (secondary N) is 3. The average Bonchev–Trinajstić information content (AvgIpc) is 2.80. The molecule has 3 heterocycles. The van der Waals surface area contributed by atoms with Crippen LogP contribution in [0.15, 0.2) is 36.5 Å². The van der Waals surface area contributed by atoms with E-state index in [1.165, 1.54) is 0 Å². The summed E-state index contributed by atoms with van der Waals surface area (Å²) in [6.45, 7) is 4.33. The summed E-state index contributed by atoms with van der Waals surface area (Å²) in [4.78, 5) is 17.0. The summed E-state index contributed by atoms with van der Waals surface area (Å²) in [5.74, 6) is 0.306. The molecule has 0 spiro atoms. The highest BCUT2D eigenvalue weighted by molar-refractivity contribution is 6.06. The Hall–Kier alpha value is -3.30. The van der Waals surface area contributed by atoms with E-state index in [1.807, 2.05) is 44.3 Å². The maximum atomic E-state index is 12.5. The van der Waals surface area contributed by atoms with Gasteiger partial charge >= 0.3 is 0 Å². The predicted molar refractivity (Wildman–Crippen MR) is 128 cm³/mol. The summed E-state index contributed by atoms with van der Waals surface area (Å²) in [7, 11) is 3.50. The summed E-state index contributed by atoms with van der Waals surface area (Å²) in [5, 5.41) is 18.5. The van der Waals surface area contributed by atoms with Crippen LogP contribution in [-0.4, -0.2) is 67.1 Å². The third kappa shape index (κ3) is 5.20. The molecule has 33 heavy (non-hydrogen) atoms. The standard InChI is InChI=1S/C24H30N6O3/c1-15(20-9-12-32-20)28-22-18-13-16(5-7-19(18)29-30-23(22)24(31)26-3)17-6-8-21(27-14-17)33-11-4-10-25-2/h5-8,13-15,20,25H,4,9-12H2,1-3H3,(H,26,31)(H,28,29). The lowest BCUT2D eigenvalue weighted by atomic mass is 10.0. The number of pyridine rings is 1. The van der Waals surface area contributed by atoms with Gasteiger partial charge in [0.25, 0.3) is 5.91 Å². The van der Waals surface area contributed by atoms with Crippen LogP contribution in [0.3, 0.4) is 0 Å². The first-order valence-electron chi connectivity index (χ1n) is 11.2. The topological polar surface area (TPSA) is 110 Å². The van der Waals surface area contributed by atoms with Crippen LogP contribution >= 0.6 is 0 Å². The molecular formula is C24H30N6O3. The Morgan fingerprint density at radius 2 is 2.03 bits per heavy atom. The molecule has 3 N–H and O–H groups in total. The van der Waals surface area contributed by atoms with E-state index in [4.69, 9.17) is 9.47 Å². The normalized spacial score (nSPS) is 16.2. The molecule has 1 fully saturated rings. The van der Waals surface area contributed by atoms with Gasteiger partial charge in [-0.2, -0.15) is 0 Å². The molecule has 1 aromatic carbocycles. The second kappa shape index (κ2) is 10.5. The number of fused-ring (bicyclic) bond motifs is 1. The smallest absolute Gasteiger partial charge is 0.273 e. The van der Waals surface area contributed by atoms with Crippen molar-refractivity contribution in [2.45, 2.75) is 31.9 Å². The summed E-state index contributed by atoms with van der Waals surface area (Å²) in [6, 6.07) is 9.77. The van der Waals surface area contributed by atoms with Gasteiger partial charge in [-0.1, -0.05) is 6.07 Å². The molecular weight excluding hydrogens is 420 g/mol. The molecule has 3 aromatic rings. The van der Waals surface area contributed by atoms with Crippen LogP contribution in [0.2, 0.25) is 0 Å². The van der Waals surface area contributed by atoms with E-state index in [1.54, 1.807) is 13.2 Å². The van der Waals surface area contributed by atoms with Gasteiger partial charge in [-0.15, -0.1) is 10.2 Å². The third-order valence-electron chi connectivity index (χ3n) is 5.76. The van der Waals surface area contributed by atoms with E-state index >= 15 is 0 Å². The van der Waals surface area contributed by atoms with E-state index < -0.39 is 0 Å². The fraction of sp³-hybridized carbons (Fsp3) is 0.417. The minimum absolute atomic E-state index is 0.0271. The van der Waals surface area contributed by atoms with Crippen LogP contribution in [0.5, 0.6) is 5.88 Å². The van der Waals surface area contributed by atoms with Gasteiger partial charge in [-0.3, -0.25) is 4.79 Å². The SMILES string of the molecule is CNCCCOc1ccc(-c2ccc3nnc(C(=O)NC)c(NC(C)C4CCO4)c3c2)cn1. The average molecular weight is 451 g/mol. The van der Waals surface area contributed by atoms with Gasteiger partial charge < -0.3 is 25.4 Å². The molecule has 0 saturated carbocycles. The number of hydrogen-bond acceptors (Lipinski definition) is 8. The molecule has 0 radical (unpaired) electrons. The first-order valence-corrected chi connectivity index (χ1v) is 11.2. The number of carbonyl (C=O) groups is 1. The molecule has 1 saturated heterocycles. The zero-order chi connectivity index (χ0) is 23.2. The highest BCUT2D eigenvalue weighted by atomic mass is 16.5. The quantitative estimate of drug-likeness (QED) is 0.405. The van der Waals surface area contributed by atoms with E-state index in [0.29, 0.717) is 23.7 Å². The van der Waals surface area contributed by atoms with Gasteiger partial charge in [0.05, 0.1) is 23.9 Å². The van der Waals surface area contributed by atoms with Crippen molar-refractivity contribution in [2.75, 3.05) is 39.2 Å². The molecule has 1 amide bonds. The summed E-state index contributed by atoms with van der Waals surface area (Å²) >= 11 is 0. The number of ether oxygens (including phenoxy) is 2. The van der Waals surface area contributed by atoms with Crippen molar-refractivity contribution in [1.82, 2.24) is 25.8 Å². The molecule has 9 nitrogen and oxygen atoms in total. The fourth-order valence-corrected chi connectivity index (χ4v) is 3.74. The highest BCUT2D eigenvalue weighted by Crippen LogP contribution is 2.31. The van der Waals surface area contributed by atoms with Crippen LogP contribution in [0.25, 0.3) is 22.0 Å². The van der Waals surface area contributed by atoms with Gasteiger partial charge in [0.2, 0.25) is 5.88 Å². The molecule has 2 unspecified atom stereocenters. The number of amides is 1. The Bertz CT molecular complexity index is 1100. The number of rotatable bonds is 10. The Morgan fingerprint density at radius 1 is 1.21 bits per heavy atom. The van der Waals surface area contributed by atoms with E-state index in [9.17, 15) is 4.79 Å². The molecule has 0 aliphatic carbocycles. The summed E-state index contributed by atoms with van der Waals surface area (Å²) < 4.78 is 11.3. The maximum Gasteiger partial charge on any atom is 0.273 e. The summed E-state index contributed by atoms with van der Waals surface area (Å²) in [6.07, 6.45) is 3.80. The number of anilines is 1. The van der Waals surface area contributed by atoms with Crippen molar-refractivity contribution in [3.63, 3.8) is 0 Å². The van der Waals surface area contributed by atoms with Gasteiger partial charge in [0, 0.05) is 42.9 Å². The maximum absolute atomic E-state index is 12.5. The summed E-state index contributed by atoms with van der Waals surface area (Å²) in [5.41, 5.74) is 3.52. The van der Waals surface area contributed by atoms with E-state index in [2.05, 4.69) is 31.1 Å². The molecule has 9 heteroatoms. The van der Waals surface area contributed by atoms with Gasteiger partial charge in [0.1, 0.15) is 0 Å². The van der Waals surface area contributed by atoms with Gasteiger partial charge in [0.15, 0.2) is 5.69 Å². The first-order chi connectivity index (χ1) is 16.1. The number of benzene rings is 1. The first kappa shape index (κ1) is 22.9. The lowest BCUT2D eigenvalue weighted by molar-refractivity contribution is -0.0575. The fourth-order valence-electron chi connectivity index (χ4n) is 3.74. The number of hydrogen-bond donors (Lipinski definition) is 3. The second-order valence-corrected chi connectivity index (χ2v) is 8.06. The van der Waals surface area contributed by atoms with Crippen molar-refractivity contribution in [2.24, 2.45) is 0 Å². The molecule has 1 aliphatic heterocycles. The van der Waals surface area contributed by atoms with E-state index in [0.717, 1.165) is 42.5 Å². The number of aromatic nitrogens is 3. The molecule has 2 atom stereocenters. The van der Waals surface area contributed by atoms with Crippen LogP contribution in [-0.2, 0) is 4.74 Å². The lowest BCUT2D eigenvalue weighted by Gasteiger charge is -2.33. The highest BCUT2D eigenvalue weighted by Gasteiger charge is 2.27. The Labute approximate surface area is 193 Å². The van der Waals surface area contributed by atoms with E-state index in [-0.39, 0.29) is 23.7 Å². The molecule has 4 rings (SSSR count). The van der Waals surface area contributed by atoms with Crippen molar-refractivity contribution in [3.8, 4) is 17.0 Å².